The number of tetrazole rings is 1. The lowest BCUT2D eigenvalue weighted by molar-refractivity contribution is -0.384. The van der Waals surface area contributed by atoms with Gasteiger partial charge in [-0.15, -0.1) is 10.2 Å². The van der Waals surface area contributed by atoms with E-state index in [0.717, 1.165) is 0 Å². The molecule has 0 spiro atoms. The monoisotopic (exact) mass is 329 g/mol. The molecule has 0 N–H and O–H groups in total. The van der Waals surface area contributed by atoms with E-state index in [2.05, 4.69) is 15.4 Å². The molecule has 3 rings (SSSR count). The Balaban J connectivity index is 1.89. The topological polar surface area (TPSA) is 96.0 Å². The lowest BCUT2D eigenvalue weighted by atomic mass is 10.2. The number of hydrogen-bond acceptors (Lipinski definition) is 6. The van der Waals surface area contributed by atoms with Crippen LogP contribution in [0.1, 0.15) is 5.56 Å². The third kappa shape index (κ3) is 3.19. The summed E-state index contributed by atoms with van der Waals surface area (Å²) < 4.78 is 18.5. The van der Waals surface area contributed by atoms with Gasteiger partial charge in [0.25, 0.3) is 5.69 Å². The number of nitrogens with zero attached hydrogens (tertiary/aromatic N) is 5. The zero-order chi connectivity index (χ0) is 17.1. The summed E-state index contributed by atoms with van der Waals surface area (Å²) in [5, 5.41) is 22.8. The van der Waals surface area contributed by atoms with Gasteiger partial charge in [-0.2, -0.15) is 4.80 Å². The van der Waals surface area contributed by atoms with Gasteiger partial charge in [-0.3, -0.25) is 10.1 Å². The molecular weight excluding hydrogens is 317 g/mol. The minimum atomic E-state index is -0.490. The van der Waals surface area contributed by atoms with Crippen molar-refractivity contribution in [2.45, 2.75) is 6.54 Å². The maximum Gasteiger partial charge on any atom is 0.270 e. The number of rotatable bonds is 5. The highest BCUT2D eigenvalue weighted by Crippen LogP contribution is 2.24. The Bertz CT molecular complexity index is 896. The first-order chi connectivity index (χ1) is 11.6. The molecule has 0 unspecified atom stereocenters. The molecule has 0 saturated heterocycles. The van der Waals surface area contributed by atoms with Crippen LogP contribution >= 0.6 is 0 Å². The largest absolute Gasteiger partial charge is 0.496 e. The van der Waals surface area contributed by atoms with Crippen molar-refractivity contribution in [2.24, 2.45) is 0 Å². The third-order valence-electron chi connectivity index (χ3n) is 3.32. The standard InChI is InChI=1S/C15H12FN5O3/c1-24-14-6-5-13(21(22)23)8-11(14)9-20-18-15(17-19-20)10-3-2-4-12(16)7-10/h2-8H,9H2,1H3. The van der Waals surface area contributed by atoms with Gasteiger partial charge in [0.05, 0.1) is 18.6 Å². The molecule has 0 radical (unpaired) electrons. The number of methoxy groups -OCH3 is 1. The average molecular weight is 329 g/mol. The minimum absolute atomic E-state index is 0.0590. The van der Waals surface area contributed by atoms with Gasteiger partial charge in [0.1, 0.15) is 11.6 Å². The second kappa shape index (κ2) is 6.41. The summed E-state index contributed by atoms with van der Waals surface area (Å²) >= 11 is 0. The molecule has 1 heterocycles. The van der Waals surface area contributed by atoms with Crippen LogP contribution < -0.4 is 4.74 Å². The molecule has 0 aliphatic heterocycles. The number of nitro groups is 1. The first-order valence-corrected chi connectivity index (χ1v) is 6.92. The summed E-state index contributed by atoms with van der Waals surface area (Å²) in [4.78, 5) is 11.7. The molecule has 8 nitrogen and oxygen atoms in total. The normalized spacial score (nSPS) is 10.6. The van der Waals surface area contributed by atoms with E-state index in [0.29, 0.717) is 16.9 Å². The number of hydrogen-bond donors (Lipinski definition) is 0. The average Bonchev–Trinajstić information content (AvgIpc) is 3.03. The summed E-state index contributed by atoms with van der Waals surface area (Å²) in [7, 11) is 1.47. The number of ether oxygens (including phenoxy) is 1. The van der Waals surface area contributed by atoms with Crippen LogP contribution in [-0.2, 0) is 6.54 Å². The summed E-state index contributed by atoms with van der Waals surface area (Å²) in [6, 6.07) is 10.1. The van der Waals surface area contributed by atoms with Crippen molar-refractivity contribution in [3.05, 3.63) is 64.0 Å². The van der Waals surface area contributed by atoms with Gasteiger partial charge in [-0.05, 0) is 23.4 Å². The predicted octanol–water partition coefficient (Wildman–Crippen LogP) is 2.44. The Kier molecular flexibility index (Phi) is 4.15. The van der Waals surface area contributed by atoms with E-state index in [-0.39, 0.29) is 18.1 Å². The maximum absolute atomic E-state index is 13.3. The molecular formula is C15H12FN5O3. The van der Waals surface area contributed by atoms with Crippen LogP contribution in [0.4, 0.5) is 10.1 Å². The molecule has 0 bridgehead atoms. The number of halogens is 1. The highest BCUT2D eigenvalue weighted by Gasteiger charge is 2.14. The number of nitro benzene ring substituents is 1. The van der Waals surface area contributed by atoms with Crippen molar-refractivity contribution in [2.75, 3.05) is 7.11 Å². The highest BCUT2D eigenvalue weighted by atomic mass is 19.1. The van der Waals surface area contributed by atoms with Gasteiger partial charge in [0.2, 0.25) is 5.82 Å². The fraction of sp³-hybridized carbons (Fsp3) is 0.133. The summed E-state index contributed by atoms with van der Waals surface area (Å²) in [5.41, 5.74) is 0.971. The predicted molar refractivity (Wildman–Crippen MR) is 82.0 cm³/mol. The van der Waals surface area contributed by atoms with Gasteiger partial charge in [-0.1, -0.05) is 12.1 Å². The fourth-order valence-corrected chi connectivity index (χ4v) is 2.21. The van der Waals surface area contributed by atoms with Crippen LogP contribution in [0.2, 0.25) is 0 Å². The SMILES string of the molecule is COc1ccc([N+](=O)[O-])cc1Cn1nnc(-c2cccc(F)c2)n1. The maximum atomic E-state index is 13.3. The first-order valence-electron chi connectivity index (χ1n) is 6.92. The van der Waals surface area contributed by atoms with E-state index in [9.17, 15) is 14.5 Å². The number of non-ortho nitro benzene ring substituents is 1. The number of benzene rings is 2. The van der Waals surface area contributed by atoms with Crippen molar-refractivity contribution in [3.8, 4) is 17.1 Å². The van der Waals surface area contributed by atoms with Crippen LogP contribution in [0.15, 0.2) is 42.5 Å². The molecule has 0 amide bonds. The second-order valence-electron chi connectivity index (χ2n) is 4.91. The van der Waals surface area contributed by atoms with Crippen molar-refractivity contribution >= 4 is 5.69 Å². The van der Waals surface area contributed by atoms with Gasteiger partial charge >= 0.3 is 0 Å². The molecule has 0 aliphatic rings. The van der Waals surface area contributed by atoms with Crippen LogP contribution in [0.5, 0.6) is 5.75 Å². The minimum Gasteiger partial charge on any atom is -0.496 e. The first kappa shape index (κ1) is 15.5. The summed E-state index contributed by atoms with van der Waals surface area (Å²) in [6.07, 6.45) is 0. The third-order valence-corrected chi connectivity index (χ3v) is 3.32. The van der Waals surface area contributed by atoms with Crippen molar-refractivity contribution in [3.63, 3.8) is 0 Å². The van der Waals surface area contributed by atoms with E-state index in [1.54, 1.807) is 12.1 Å². The Morgan fingerprint density at radius 2 is 2.12 bits per heavy atom. The molecule has 122 valence electrons. The fourth-order valence-electron chi connectivity index (χ4n) is 2.21. The van der Waals surface area contributed by atoms with Crippen molar-refractivity contribution in [1.29, 1.82) is 0 Å². The molecule has 0 fully saturated rings. The van der Waals surface area contributed by atoms with Gasteiger partial charge in [0.15, 0.2) is 0 Å². The number of aromatic nitrogens is 4. The van der Waals surface area contributed by atoms with Crippen LogP contribution in [0.25, 0.3) is 11.4 Å². The molecule has 24 heavy (non-hydrogen) atoms. The van der Waals surface area contributed by atoms with Crippen molar-refractivity contribution in [1.82, 2.24) is 20.2 Å². The Labute approximate surface area is 135 Å². The van der Waals surface area contributed by atoms with Gasteiger partial charge < -0.3 is 4.74 Å². The molecule has 1 aromatic heterocycles. The molecule has 0 saturated carbocycles. The molecule has 0 aliphatic carbocycles. The highest BCUT2D eigenvalue weighted by molar-refractivity contribution is 5.53. The van der Waals surface area contributed by atoms with Gasteiger partial charge in [-0.25, -0.2) is 4.39 Å². The zero-order valence-corrected chi connectivity index (χ0v) is 12.6. The van der Waals surface area contributed by atoms with Crippen LogP contribution in [0, 0.1) is 15.9 Å². The van der Waals surface area contributed by atoms with Crippen LogP contribution in [-0.4, -0.2) is 32.2 Å². The Morgan fingerprint density at radius 1 is 1.29 bits per heavy atom. The van der Waals surface area contributed by atoms with E-state index >= 15 is 0 Å². The zero-order valence-electron chi connectivity index (χ0n) is 12.6. The molecule has 3 aromatic rings. The summed E-state index contributed by atoms with van der Waals surface area (Å²) in [6.45, 7) is 0.132. The van der Waals surface area contributed by atoms with Gasteiger partial charge in [0, 0.05) is 23.3 Å². The van der Waals surface area contributed by atoms with E-state index in [1.165, 1.54) is 42.2 Å². The molecule has 9 heteroatoms. The second-order valence-corrected chi connectivity index (χ2v) is 4.91. The lowest BCUT2D eigenvalue weighted by Gasteiger charge is -2.07. The summed E-state index contributed by atoms with van der Waals surface area (Å²) in [5.74, 6) is 0.341. The molecule has 0 atom stereocenters. The Morgan fingerprint density at radius 3 is 2.83 bits per heavy atom. The van der Waals surface area contributed by atoms with Crippen molar-refractivity contribution < 1.29 is 14.1 Å². The van der Waals surface area contributed by atoms with E-state index in [1.807, 2.05) is 0 Å². The Hall–Kier alpha value is -3.36. The van der Waals surface area contributed by atoms with E-state index in [4.69, 9.17) is 4.74 Å². The van der Waals surface area contributed by atoms with Crippen LogP contribution in [0.3, 0.4) is 0 Å². The smallest absolute Gasteiger partial charge is 0.270 e. The molecule has 2 aromatic carbocycles. The lowest BCUT2D eigenvalue weighted by Crippen LogP contribution is -2.06. The van der Waals surface area contributed by atoms with E-state index < -0.39 is 10.7 Å². The quantitative estimate of drug-likeness (QED) is 0.527.